The van der Waals surface area contributed by atoms with Gasteiger partial charge in [0.05, 0.1) is 4.90 Å². The minimum Gasteiger partial charge on any atom is -0.369 e. The highest BCUT2D eigenvalue weighted by Gasteiger charge is 2.16. The van der Waals surface area contributed by atoms with E-state index in [4.69, 9.17) is 10.3 Å². The Labute approximate surface area is 108 Å². The van der Waals surface area contributed by atoms with E-state index in [1.165, 1.54) is 12.1 Å². The molecule has 0 aliphatic heterocycles. The standard InChI is InChI=1S/C7H8O3S.C5H11NO/c1-6-2-4-7(5-3-6)11(8,9)10;1-5(2,3)4(6)7/h2-5H,1H3,(H,8,9,10);1-3H3,(H2,6,7). The van der Waals surface area contributed by atoms with Crippen LogP contribution in [0.25, 0.3) is 0 Å². The second-order valence-corrected chi connectivity index (χ2v) is 6.32. The normalized spacial score (nSPS) is 11.4. The fourth-order valence-electron chi connectivity index (χ4n) is 0.710. The minimum absolute atomic E-state index is 0.0666. The van der Waals surface area contributed by atoms with E-state index in [1.54, 1.807) is 32.9 Å². The number of hydrogen-bond donors (Lipinski definition) is 2. The van der Waals surface area contributed by atoms with Crippen LogP contribution in [0.5, 0.6) is 0 Å². The summed E-state index contributed by atoms with van der Waals surface area (Å²) in [5.41, 5.74) is 5.53. The fourth-order valence-corrected chi connectivity index (χ4v) is 1.19. The second-order valence-electron chi connectivity index (χ2n) is 4.90. The average molecular weight is 273 g/mol. The molecule has 1 amide bonds. The van der Waals surface area contributed by atoms with Crippen LogP contribution in [0.1, 0.15) is 26.3 Å². The molecule has 0 saturated heterocycles. The topological polar surface area (TPSA) is 97.5 Å². The highest BCUT2D eigenvalue weighted by molar-refractivity contribution is 7.85. The molecule has 0 aliphatic carbocycles. The zero-order chi connectivity index (χ0) is 14.6. The van der Waals surface area contributed by atoms with Crippen LogP contribution in [0.4, 0.5) is 0 Å². The molecule has 0 fully saturated rings. The van der Waals surface area contributed by atoms with Crippen LogP contribution in [0.2, 0.25) is 0 Å². The van der Waals surface area contributed by atoms with Crippen molar-refractivity contribution in [3.05, 3.63) is 29.8 Å². The molecular weight excluding hydrogens is 254 g/mol. The van der Waals surface area contributed by atoms with Gasteiger partial charge >= 0.3 is 0 Å². The maximum absolute atomic E-state index is 10.5. The van der Waals surface area contributed by atoms with E-state index in [1.807, 2.05) is 6.92 Å². The van der Waals surface area contributed by atoms with Crippen molar-refractivity contribution >= 4 is 16.0 Å². The van der Waals surface area contributed by atoms with Gasteiger partial charge in [0.1, 0.15) is 0 Å². The molecule has 0 aromatic heterocycles. The van der Waals surface area contributed by atoms with Gasteiger partial charge in [-0.3, -0.25) is 9.35 Å². The molecule has 0 saturated carbocycles. The van der Waals surface area contributed by atoms with Crippen molar-refractivity contribution in [3.63, 3.8) is 0 Å². The Kier molecular flexibility index (Phi) is 5.51. The molecular formula is C12H19NO4S. The number of aryl methyl sites for hydroxylation is 1. The smallest absolute Gasteiger partial charge is 0.294 e. The predicted molar refractivity (Wildman–Crippen MR) is 69.6 cm³/mol. The summed E-state index contributed by atoms with van der Waals surface area (Å²) in [6.45, 7) is 7.20. The highest BCUT2D eigenvalue weighted by Crippen LogP contribution is 2.10. The zero-order valence-electron chi connectivity index (χ0n) is 11.0. The molecule has 1 aromatic rings. The summed E-state index contributed by atoms with van der Waals surface area (Å²) in [5.74, 6) is -0.257. The number of carbonyl (C=O) groups excluding carboxylic acids is 1. The first kappa shape index (κ1) is 16.6. The van der Waals surface area contributed by atoms with Crippen LogP contribution in [0.3, 0.4) is 0 Å². The van der Waals surface area contributed by atoms with Gasteiger partial charge in [0.15, 0.2) is 0 Å². The quantitative estimate of drug-likeness (QED) is 0.762. The summed E-state index contributed by atoms with van der Waals surface area (Å²) in [6.07, 6.45) is 0. The van der Waals surface area contributed by atoms with Gasteiger partial charge in [-0.15, -0.1) is 0 Å². The zero-order valence-corrected chi connectivity index (χ0v) is 11.8. The van der Waals surface area contributed by atoms with Gasteiger partial charge in [-0.2, -0.15) is 8.42 Å². The van der Waals surface area contributed by atoms with E-state index >= 15 is 0 Å². The molecule has 5 nitrogen and oxygen atoms in total. The van der Waals surface area contributed by atoms with Crippen molar-refractivity contribution in [3.8, 4) is 0 Å². The SMILES string of the molecule is CC(C)(C)C(N)=O.Cc1ccc(S(=O)(=O)O)cc1. The Morgan fingerprint density at radius 1 is 1.17 bits per heavy atom. The van der Waals surface area contributed by atoms with Crippen molar-refractivity contribution < 1.29 is 17.8 Å². The lowest BCUT2D eigenvalue weighted by atomic mass is 9.96. The van der Waals surface area contributed by atoms with Gasteiger partial charge < -0.3 is 5.73 Å². The number of amides is 1. The van der Waals surface area contributed by atoms with Crippen LogP contribution < -0.4 is 5.73 Å². The molecule has 102 valence electrons. The van der Waals surface area contributed by atoms with E-state index in [0.717, 1.165) is 5.56 Å². The molecule has 1 aromatic carbocycles. The lowest BCUT2D eigenvalue weighted by Crippen LogP contribution is -2.27. The summed E-state index contributed by atoms with van der Waals surface area (Å²) in [5, 5.41) is 0. The molecule has 0 radical (unpaired) electrons. The predicted octanol–water partition coefficient (Wildman–Crippen LogP) is 1.76. The van der Waals surface area contributed by atoms with Crippen LogP contribution in [-0.4, -0.2) is 18.9 Å². The van der Waals surface area contributed by atoms with Crippen molar-refractivity contribution in [2.75, 3.05) is 0 Å². The van der Waals surface area contributed by atoms with E-state index < -0.39 is 10.1 Å². The van der Waals surface area contributed by atoms with Crippen molar-refractivity contribution in [1.82, 2.24) is 0 Å². The maximum Gasteiger partial charge on any atom is 0.294 e. The second kappa shape index (κ2) is 5.97. The first-order valence-corrected chi connectivity index (χ1v) is 6.72. The summed E-state index contributed by atoms with van der Waals surface area (Å²) in [6, 6.07) is 5.99. The van der Waals surface area contributed by atoms with E-state index in [9.17, 15) is 13.2 Å². The maximum atomic E-state index is 10.5. The van der Waals surface area contributed by atoms with E-state index in [2.05, 4.69) is 0 Å². The first-order chi connectivity index (χ1) is 7.94. The fraction of sp³-hybridized carbons (Fsp3) is 0.417. The molecule has 0 unspecified atom stereocenters. The van der Waals surface area contributed by atoms with Crippen LogP contribution >= 0.6 is 0 Å². The van der Waals surface area contributed by atoms with Gasteiger partial charge in [-0.1, -0.05) is 38.5 Å². The molecule has 1 rings (SSSR count). The molecule has 0 heterocycles. The Hall–Kier alpha value is -1.40. The molecule has 0 bridgehead atoms. The lowest BCUT2D eigenvalue weighted by Gasteiger charge is -2.10. The Morgan fingerprint density at radius 3 is 1.72 bits per heavy atom. The van der Waals surface area contributed by atoms with Crippen molar-refractivity contribution in [1.29, 1.82) is 0 Å². The number of nitrogens with two attached hydrogens (primary N) is 1. The highest BCUT2D eigenvalue weighted by atomic mass is 32.2. The lowest BCUT2D eigenvalue weighted by molar-refractivity contribution is -0.125. The van der Waals surface area contributed by atoms with Gasteiger partial charge in [-0.25, -0.2) is 0 Å². The number of primary amides is 1. The van der Waals surface area contributed by atoms with Crippen molar-refractivity contribution in [2.45, 2.75) is 32.6 Å². The number of benzene rings is 1. The van der Waals surface area contributed by atoms with E-state index in [0.29, 0.717) is 0 Å². The number of hydrogen-bond acceptors (Lipinski definition) is 3. The number of carbonyl (C=O) groups is 1. The summed E-state index contributed by atoms with van der Waals surface area (Å²) in [4.78, 5) is 10.2. The van der Waals surface area contributed by atoms with Crippen LogP contribution in [0.15, 0.2) is 29.2 Å². The number of rotatable bonds is 1. The minimum atomic E-state index is -4.02. The van der Waals surface area contributed by atoms with Gasteiger partial charge in [0, 0.05) is 5.41 Å². The molecule has 0 spiro atoms. The monoisotopic (exact) mass is 273 g/mol. The largest absolute Gasteiger partial charge is 0.369 e. The third kappa shape index (κ3) is 6.36. The average Bonchev–Trinajstić information content (AvgIpc) is 2.16. The van der Waals surface area contributed by atoms with Gasteiger partial charge in [0.25, 0.3) is 10.1 Å². The summed E-state index contributed by atoms with van der Waals surface area (Å²) < 4.78 is 29.6. The molecule has 18 heavy (non-hydrogen) atoms. The Balaban J connectivity index is 0.000000360. The van der Waals surface area contributed by atoms with Crippen LogP contribution in [0, 0.1) is 12.3 Å². The third-order valence-corrected chi connectivity index (χ3v) is 2.93. The Bertz CT molecular complexity index is 498. The summed E-state index contributed by atoms with van der Waals surface area (Å²) in [7, 11) is -4.02. The van der Waals surface area contributed by atoms with E-state index in [-0.39, 0.29) is 16.2 Å². The molecule has 6 heteroatoms. The summed E-state index contributed by atoms with van der Waals surface area (Å²) >= 11 is 0. The van der Waals surface area contributed by atoms with Gasteiger partial charge in [-0.05, 0) is 19.1 Å². The van der Waals surface area contributed by atoms with Gasteiger partial charge in [0.2, 0.25) is 5.91 Å². The molecule has 3 N–H and O–H groups in total. The van der Waals surface area contributed by atoms with Crippen molar-refractivity contribution in [2.24, 2.45) is 11.1 Å². The van der Waals surface area contributed by atoms with Crippen LogP contribution in [-0.2, 0) is 14.9 Å². The molecule has 0 atom stereocenters. The molecule has 0 aliphatic rings. The third-order valence-electron chi connectivity index (χ3n) is 2.06. The Morgan fingerprint density at radius 2 is 1.50 bits per heavy atom. The first-order valence-electron chi connectivity index (χ1n) is 5.28.